The van der Waals surface area contributed by atoms with E-state index in [1.807, 2.05) is 0 Å². The van der Waals surface area contributed by atoms with Gasteiger partial charge in [-0.2, -0.15) is 36.5 Å². The molecule has 10 nitrogen and oxygen atoms in total. The van der Waals surface area contributed by atoms with E-state index in [1.54, 1.807) is 0 Å². The zero-order valence-corrected chi connectivity index (χ0v) is 29.3. The summed E-state index contributed by atoms with van der Waals surface area (Å²) in [5.74, 6) is -0.922. The molecule has 0 saturated carbocycles. The van der Waals surface area contributed by atoms with E-state index < -0.39 is 74.5 Å². The minimum atomic E-state index is -4.90. The highest BCUT2D eigenvalue weighted by molar-refractivity contribution is 9.11. The zero-order chi connectivity index (χ0) is 32.9. The normalized spacial score (nSPS) is 13.6. The Labute approximate surface area is 278 Å². The highest BCUT2D eigenvalue weighted by Crippen LogP contribution is 2.44. The first-order valence-corrected chi connectivity index (χ1v) is 18.0. The molecule has 4 rings (SSSR count). The fraction of sp³-hybridized carbons (Fsp3) is 0.333. The molecule has 0 aliphatic rings. The summed E-state index contributed by atoms with van der Waals surface area (Å²) in [6, 6.07) is 0. The van der Waals surface area contributed by atoms with Crippen LogP contribution in [0.5, 0.6) is 0 Å². The molecule has 1 atom stereocenters. The van der Waals surface area contributed by atoms with E-state index in [0.717, 1.165) is 34.4 Å². The first kappa shape index (κ1) is 36.5. The zero-order valence-electron chi connectivity index (χ0n) is 20.5. The van der Waals surface area contributed by atoms with E-state index in [0.29, 0.717) is 12.3 Å². The van der Waals surface area contributed by atoms with Gasteiger partial charge < -0.3 is 0 Å². The van der Waals surface area contributed by atoms with Crippen molar-refractivity contribution < 1.29 is 43.2 Å². The number of aromatic nitrogens is 6. The molecule has 4 aromatic heterocycles. The van der Waals surface area contributed by atoms with Gasteiger partial charge in [0.15, 0.2) is 16.1 Å². The van der Waals surface area contributed by atoms with Crippen molar-refractivity contribution in [2.45, 2.75) is 31.5 Å². The third-order valence-corrected chi connectivity index (χ3v) is 13.9. The third kappa shape index (κ3) is 8.05. The number of halogens is 11. The molecule has 4 heterocycles. The fourth-order valence-corrected chi connectivity index (χ4v) is 10.7. The molecule has 0 bridgehead atoms. The Bertz CT molecular complexity index is 1870. The van der Waals surface area contributed by atoms with Gasteiger partial charge in [0.1, 0.15) is 10.3 Å². The van der Waals surface area contributed by atoms with Crippen LogP contribution in [0.25, 0.3) is 0 Å². The van der Waals surface area contributed by atoms with Gasteiger partial charge in [-0.15, -0.1) is 0 Å². The molecule has 0 saturated heterocycles. The van der Waals surface area contributed by atoms with Gasteiger partial charge in [0, 0.05) is 19.7 Å². The lowest BCUT2D eigenvalue weighted by molar-refractivity contribution is -0.142. The maximum Gasteiger partial charge on any atom is 0.435 e. The number of rotatable bonds is 6. The summed E-state index contributed by atoms with van der Waals surface area (Å²) < 4.78 is 126. The maximum atomic E-state index is 13.0. The molecule has 238 valence electrons. The largest absolute Gasteiger partial charge is 0.435 e. The summed E-state index contributed by atoms with van der Waals surface area (Å²) in [6.07, 6.45) is -7.23. The molecule has 0 amide bonds. The SMILES string of the molecule is Cn1nc(C(F)(F)F)c(C(Cl)S(=O)(=O)c2ncc(Br)s2)c1Cl.Cn1nc(C(F)(F)F)c(CS(=O)(=O)c2ncc(Br)s2)c1Cl. The molecular weight excluding hydrogens is 873 g/mol. The van der Waals surface area contributed by atoms with Crippen LogP contribution in [0, 0.1) is 0 Å². The first-order valence-electron chi connectivity index (χ1n) is 10.4. The lowest BCUT2D eigenvalue weighted by Gasteiger charge is -2.11. The molecule has 0 aliphatic carbocycles. The van der Waals surface area contributed by atoms with Crippen LogP contribution in [-0.4, -0.2) is 46.4 Å². The number of aryl methyl sites for hydroxylation is 2. The van der Waals surface area contributed by atoms with Gasteiger partial charge in [-0.3, -0.25) is 9.36 Å². The van der Waals surface area contributed by atoms with Gasteiger partial charge >= 0.3 is 12.4 Å². The molecule has 0 radical (unpaired) electrons. The second-order valence-electron chi connectivity index (χ2n) is 7.89. The van der Waals surface area contributed by atoms with E-state index in [9.17, 15) is 43.2 Å². The van der Waals surface area contributed by atoms with E-state index in [2.05, 4.69) is 52.0 Å². The van der Waals surface area contributed by atoms with Crippen molar-refractivity contribution in [1.29, 1.82) is 0 Å². The van der Waals surface area contributed by atoms with Crippen molar-refractivity contribution in [3.63, 3.8) is 0 Å². The van der Waals surface area contributed by atoms with Crippen molar-refractivity contribution in [3.05, 3.63) is 52.8 Å². The number of thiazole rings is 2. The Hall–Kier alpha value is -1.01. The van der Waals surface area contributed by atoms with Crippen LogP contribution < -0.4 is 0 Å². The molecule has 43 heavy (non-hydrogen) atoms. The summed E-state index contributed by atoms with van der Waals surface area (Å²) in [5, 5.41) is 5.55. The minimum Gasteiger partial charge on any atom is -0.256 e. The number of hydrogen-bond donors (Lipinski definition) is 0. The molecule has 25 heteroatoms. The van der Waals surface area contributed by atoms with Gasteiger partial charge in [0.25, 0.3) is 0 Å². The van der Waals surface area contributed by atoms with Crippen LogP contribution in [0.15, 0.2) is 28.6 Å². The number of hydrogen-bond acceptors (Lipinski definition) is 10. The molecule has 0 spiro atoms. The Morgan fingerprint density at radius 3 is 1.72 bits per heavy atom. The van der Waals surface area contributed by atoms with E-state index >= 15 is 0 Å². The first-order chi connectivity index (χ1) is 19.5. The van der Waals surface area contributed by atoms with Gasteiger partial charge in [0.2, 0.25) is 28.4 Å². The van der Waals surface area contributed by atoms with Crippen LogP contribution in [0.4, 0.5) is 26.3 Å². The predicted molar refractivity (Wildman–Crippen MR) is 153 cm³/mol. The van der Waals surface area contributed by atoms with Crippen LogP contribution >= 0.6 is 89.3 Å². The number of nitrogens with zero attached hydrogens (tertiary/aromatic N) is 6. The molecule has 0 aliphatic heterocycles. The Kier molecular flexibility index (Phi) is 11.0. The molecule has 0 N–H and O–H groups in total. The van der Waals surface area contributed by atoms with Gasteiger partial charge in [0.05, 0.1) is 31.3 Å². The Morgan fingerprint density at radius 1 is 0.837 bits per heavy atom. The van der Waals surface area contributed by atoms with E-state index in [-0.39, 0.29) is 9.49 Å². The lowest BCUT2D eigenvalue weighted by Crippen LogP contribution is -2.15. The highest BCUT2D eigenvalue weighted by Gasteiger charge is 2.45. The van der Waals surface area contributed by atoms with Crippen LogP contribution in [0.1, 0.15) is 27.2 Å². The minimum absolute atomic E-state index is 0.289. The Morgan fingerprint density at radius 2 is 1.28 bits per heavy atom. The fourth-order valence-electron chi connectivity index (χ4n) is 3.08. The van der Waals surface area contributed by atoms with Crippen molar-refractivity contribution in [2.24, 2.45) is 14.1 Å². The molecule has 0 fully saturated rings. The van der Waals surface area contributed by atoms with Crippen molar-refractivity contribution >= 4 is 109 Å². The van der Waals surface area contributed by atoms with Crippen LogP contribution in [-0.2, 0) is 51.9 Å². The number of sulfone groups is 2. The maximum absolute atomic E-state index is 13.0. The molecule has 4 aromatic rings. The molecular formula is C18H11Br2Cl3F6N6O4S4. The van der Waals surface area contributed by atoms with Crippen LogP contribution in [0.2, 0.25) is 10.3 Å². The summed E-state index contributed by atoms with van der Waals surface area (Å²) in [4.78, 5) is 7.25. The number of alkyl halides is 7. The van der Waals surface area contributed by atoms with Crippen molar-refractivity contribution in [2.75, 3.05) is 0 Å². The second kappa shape index (κ2) is 13.0. The quantitative estimate of drug-likeness (QED) is 0.146. The van der Waals surface area contributed by atoms with E-state index in [4.69, 9.17) is 34.8 Å². The molecule has 1 unspecified atom stereocenters. The van der Waals surface area contributed by atoms with Gasteiger partial charge in [-0.25, -0.2) is 26.8 Å². The highest BCUT2D eigenvalue weighted by atomic mass is 79.9. The van der Waals surface area contributed by atoms with Crippen molar-refractivity contribution in [1.82, 2.24) is 29.5 Å². The third-order valence-electron chi connectivity index (χ3n) is 4.87. The topological polar surface area (TPSA) is 130 Å². The summed E-state index contributed by atoms with van der Waals surface area (Å²) >= 11 is 24.9. The summed E-state index contributed by atoms with van der Waals surface area (Å²) in [7, 11) is -6.05. The predicted octanol–water partition coefficient (Wildman–Crippen LogP) is 7.31. The van der Waals surface area contributed by atoms with Crippen LogP contribution in [0.3, 0.4) is 0 Å². The van der Waals surface area contributed by atoms with Gasteiger partial charge in [-0.05, 0) is 31.9 Å². The molecule has 0 aromatic carbocycles. The standard InChI is InChI=1S/C9H5BrCl2F3N3O2S2.C9H6BrClF3N3O2S2/c1-18-6(11)4(5(17-18)9(13,14)15)7(12)22(19,20)8-16-2-3(10)21-8;1-17-7(11)4(6(16-17)9(12,13)14)3-21(18,19)8-15-2-5(10)20-8/h2,7H,1H3;2H,3H2,1H3. The summed E-state index contributed by atoms with van der Waals surface area (Å²) in [5.41, 5.74) is -4.16. The monoisotopic (exact) mass is 880 g/mol. The Balaban J connectivity index is 0.000000236. The van der Waals surface area contributed by atoms with E-state index in [1.165, 1.54) is 19.4 Å². The average Bonchev–Trinajstić information content (AvgIpc) is 3.63. The smallest absolute Gasteiger partial charge is 0.256 e. The lowest BCUT2D eigenvalue weighted by atomic mass is 10.3. The summed E-state index contributed by atoms with van der Waals surface area (Å²) in [6.45, 7) is 0. The average molecular weight is 884 g/mol. The van der Waals surface area contributed by atoms with Crippen molar-refractivity contribution in [3.8, 4) is 0 Å². The second-order valence-corrected chi connectivity index (χ2v) is 18.5. The van der Waals surface area contributed by atoms with Gasteiger partial charge in [-0.1, -0.05) is 57.5 Å².